The standard InChI is InChI=1S/C12H18N4O2S.ClH/c1-11(2)6-8(7-12(3,4)16(11)17)18-10-9(13-5)14-19-15-10;/h8,17H,6-7H2,1-4H3;1H. The molecule has 112 valence electrons. The average molecular weight is 319 g/mol. The van der Waals surface area contributed by atoms with Gasteiger partial charge in [-0.05, 0) is 32.1 Å². The number of piperidine rings is 1. The molecule has 1 saturated heterocycles. The third-order valence-electron chi connectivity index (χ3n) is 3.43. The second-order valence-corrected chi connectivity index (χ2v) is 6.62. The summed E-state index contributed by atoms with van der Waals surface area (Å²) in [7, 11) is 0. The van der Waals surface area contributed by atoms with Gasteiger partial charge in [0.2, 0.25) is 0 Å². The van der Waals surface area contributed by atoms with Crippen LogP contribution in [0.25, 0.3) is 4.85 Å². The summed E-state index contributed by atoms with van der Waals surface area (Å²) >= 11 is 0.981. The fourth-order valence-corrected chi connectivity index (χ4v) is 3.17. The Kier molecular flexibility index (Phi) is 4.98. The molecule has 20 heavy (non-hydrogen) atoms. The van der Waals surface area contributed by atoms with Crippen LogP contribution in [0.4, 0.5) is 5.82 Å². The Balaban J connectivity index is 0.00000200. The van der Waals surface area contributed by atoms with Gasteiger partial charge in [0, 0.05) is 23.9 Å². The van der Waals surface area contributed by atoms with E-state index in [1.165, 1.54) is 5.06 Å². The van der Waals surface area contributed by atoms with E-state index in [9.17, 15) is 5.21 Å². The number of nitrogens with zero attached hydrogens (tertiary/aromatic N) is 4. The predicted octanol–water partition coefficient (Wildman–Crippen LogP) is 3.30. The zero-order chi connectivity index (χ0) is 14.3. The van der Waals surface area contributed by atoms with Crippen molar-refractivity contribution in [2.24, 2.45) is 0 Å². The number of halogens is 1. The number of hydrogen-bond donors (Lipinski definition) is 1. The molecule has 0 bridgehead atoms. The molecule has 0 atom stereocenters. The van der Waals surface area contributed by atoms with E-state index in [1.54, 1.807) is 0 Å². The second-order valence-electron chi connectivity index (χ2n) is 6.09. The summed E-state index contributed by atoms with van der Waals surface area (Å²) in [6.45, 7) is 14.9. The van der Waals surface area contributed by atoms with Crippen molar-refractivity contribution >= 4 is 30.0 Å². The number of hydroxylamine groups is 2. The molecule has 1 aromatic rings. The minimum absolute atomic E-state index is 0. The van der Waals surface area contributed by atoms with Crippen molar-refractivity contribution in [2.45, 2.75) is 57.7 Å². The molecule has 0 aliphatic carbocycles. The van der Waals surface area contributed by atoms with Crippen LogP contribution in [0, 0.1) is 6.57 Å². The van der Waals surface area contributed by atoms with Gasteiger partial charge in [-0.25, -0.2) is 0 Å². The highest BCUT2D eigenvalue weighted by atomic mass is 35.5. The molecule has 2 heterocycles. The third kappa shape index (κ3) is 3.20. The molecule has 1 aromatic heterocycles. The van der Waals surface area contributed by atoms with Crippen LogP contribution in [0.1, 0.15) is 40.5 Å². The molecule has 0 radical (unpaired) electrons. The summed E-state index contributed by atoms with van der Waals surface area (Å²) in [4.78, 5) is 3.29. The number of hydrogen-bond acceptors (Lipinski definition) is 6. The maximum absolute atomic E-state index is 10.2. The lowest BCUT2D eigenvalue weighted by atomic mass is 9.80. The lowest BCUT2D eigenvalue weighted by molar-refractivity contribution is -0.255. The zero-order valence-electron chi connectivity index (χ0n) is 12.0. The first-order chi connectivity index (χ1) is 8.76. The molecular weight excluding hydrogens is 300 g/mol. The van der Waals surface area contributed by atoms with Crippen LogP contribution in [-0.4, -0.2) is 36.2 Å². The van der Waals surface area contributed by atoms with Gasteiger partial charge in [-0.3, -0.25) is 0 Å². The number of ether oxygens (including phenoxy) is 1. The predicted molar refractivity (Wildman–Crippen MR) is 78.9 cm³/mol. The Labute approximate surface area is 129 Å². The number of aromatic nitrogens is 2. The van der Waals surface area contributed by atoms with Gasteiger partial charge in [0.1, 0.15) is 6.10 Å². The molecular formula is C12H19ClN4O2S. The molecule has 0 unspecified atom stereocenters. The van der Waals surface area contributed by atoms with Crippen molar-refractivity contribution in [3.05, 3.63) is 11.4 Å². The Bertz CT molecular complexity index is 494. The van der Waals surface area contributed by atoms with E-state index in [0.29, 0.717) is 18.7 Å². The molecule has 1 aliphatic heterocycles. The summed E-state index contributed by atoms with van der Waals surface area (Å²) in [5.74, 6) is 0.523. The molecule has 2 rings (SSSR count). The van der Waals surface area contributed by atoms with Crippen molar-refractivity contribution in [1.29, 1.82) is 0 Å². The monoisotopic (exact) mass is 318 g/mol. The van der Waals surface area contributed by atoms with E-state index in [4.69, 9.17) is 11.3 Å². The number of rotatable bonds is 2. The Hall–Kier alpha value is -0.940. The zero-order valence-corrected chi connectivity index (χ0v) is 13.6. The third-order valence-corrected chi connectivity index (χ3v) is 3.93. The summed E-state index contributed by atoms with van der Waals surface area (Å²) in [6, 6.07) is 0. The van der Waals surface area contributed by atoms with Crippen LogP contribution >= 0.6 is 24.1 Å². The molecule has 1 aliphatic rings. The molecule has 1 N–H and O–H groups in total. The second kappa shape index (κ2) is 5.82. The summed E-state index contributed by atoms with van der Waals surface area (Å²) in [5.41, 5.74) is -0.762. The summed E-state index contributed by atoms with van der Waals surface area (Å²) < 4.78 is 13.7. The van der Waals surface area contributed by atoms with Crippen molar-refractivity contribution in [3.8, 4) is 5.88 Å². The molecule has 1 fully saturated rings. The SMILES string of the molecule is Cl.[C-]#[N+]c1nsnc1OC1CC(C)(C)N(O)C(C)(C)C1. The lowest BCUT2D eigenvalue weighted by Crippen LogP contribution is -2.61. The van der Waals surface area contributed by atoms with Crippen LogP contribution in [0.2, 0.25) is 0 Å². The van der Waals surface area contributed by atoms with Crippen LogP contribution in [0.3, 0.4) is 0 Å². The van der Waals surface area contributed by atoms with Gasteiger partial charge in [0.05, 0.1) is 0 Å². The Morgan fingerprint density at radius 2 is 1.85 bits per heavy atom. The highest BCUT2D eigenvalue weighted by Gasteiger charge is 2.46. The van der Waals surface area contributed by atoms with Gasteiger partial charge in [-0.15, -0.1) is 16.8 Å². The molecule has 6 nitrogen and oxygen atoms in total. The van der Waals surface area contributed by atoms with Gasteiger partial charge in [0.15, 0.2) is 11.7 Å². The average Bonchev–Trinajstić information content (AvgIpc) is 2.72. The van der Waals surface area contributed by atoms with Crippen molar-refractivity contribution in [3.63, 3.8) is 0 Å². The van der Waals surface area contributed by atoms with Gasteiger partial charge in [0.25, 0.3) is 5.88 Å². The molecule has 0 saturated carbocycles. The van der Waals surface area contributed by atoms with E-state index >= 15 is 0 Å². The largest absolute Gasteiger partial charge is 0.481 e. The summed E-state index contributed by atoms with van der Waals surface area (Å²) in [6.07, 6.45) is 1.25. The van der Waals surface area contributed by atoms with Crippen molar-refractivity contribution < 1.29 is 9.94 Å². The van der Waals surface area contributed by atoms with Gasteiger partial charge in [-0.1, -0.05) is 6.57 Å². The van der Waals surface area contributed by atoms with Crippen molar-refractivity contribution in [2.75, 3.05) is 0 Å². The minimum atomic E-state index is -0.381. The first-order valence-corrected chi connectivity index (χ1v) is 6.85. The van der Waals surface area contributed by atoms with E-state index in [2.05, 4.69) is 13.6 Å². The topological polar surface area (TPSA) is 62.8 Å². The first-order valence-electron chi connectivity index (χ1n) is 6.12. The van der Waals surface area contributed by atoms with E-state index < -0.39 is 0 Å². The normalized spacial score (nSPS) is 21.8. The highest BCUT2D eigenvalue weighted by molar-refractivity contribution is 6.99. The molecule has 0 spiro atoms. The van der Waals surface area contributed by atoms with Crippen LogP contribution in [0.5, 0.6) is 5.88 Å². The summed E-state index contributed by atoms with van der Waals surface area (Å²) in [5, 5.41) is 11.6. The molecule has 0 amide bonds. The quantitative estimate of drug-likeness (QED) is 0.848. The van der Waals surface area contributed by atoms with Crippen molar-refractivity contribution in [1.82, 2.24) is 13.8 Å². The lowest BCUT2D eigenvalue weighted by Gasteiger charge is -2.50. The van der Waals surface area contributed by atoms with Gasteiger partial charge < -0.3 is 14.8 Å². The fraction of sp³-hybridized carbons (Fsp3) is 0.750. The minimum Gasteiger partial charge on any atom is -0.481 e. The highest BCUT2D eigenvalue weighted by Crippen LogP contribution is 2.39. The van der Waals surface area contributed by atoms with E-state index in [0.717, 1.165) is 11.7 Å². The van der Waals surface area contributed by atoms with Crippen LogP contribution in [0.15, 0.2) is 0 Å². The Morgan fingerprint density at radius 1 is 1.30 bits per heavy atom. The maximum Gasteiger partial charge on any atom is 0.347 e. The molecule has 0 aromatic carbocycles. The molecule has 8 heteroatoms. The van der Waals surface area contributed by atoms with Gasteiger partial charge in [-0.2, -0.15) is 5.06 Å². The van der Waals surface area contributed by atoms with Crippen LogP contribution in [-0.2, 0) is 0 Å². The maximum atomic E-state index is 10.2. The first kappa shape index (κ1) is 17.1. The van der Waals surface area contributed by atoms with E-state index in [-0.39, 0.29) is 35.4 Å². The van der Waals surface area contributed by atoms with Gasteiger partial charge >= 0.3 is 5.82 Å². The fourth-order valence-electron chi connectivity index (χ4n) is 2.74. The Morgan fingerprint density at radius 3 is 2.35 bits per heavy atom. The van der Waals surface area contributed by atoms with Crippen LogP contribution < -0.4 is 4.74 Å². The smallest absolute Gasteiger partial charge is 0.347 e. The van der Waals surface area contributed by atoms with E-state index in [1.807, 2.05) is 27.7 Å².